The zero-order chi connectivity index (χ0) is 13.2. The second-order valence-corrected chi connectivity index (χ2v) is 4.42. The van der Waals surface area contributed by atoms with E-state index in [1.54, 1.807) is 0 Å². The van der Waals surface area contributed by atoms with Crippen LogP contribution in [0.3, 0.4) is 0 Å². The molecule has 0 amide bonds. The number of halogens is 1. The van der Waals surface area contributed by atoms with E-state index in [-0.39, 0.29) is 24.0 Å². The van der Waals surface area contributed by atoms with Gasteiger partial charge in [0.2, 0.25) is 0 Å². The molecule has 1 heterocycles. The molecular weight excluding hydrogens is 353 g/mol. The van der Waals surface area contributed by atoms with Crippen molar-refractivity contribution < 1.29 is 0 Å². The van der Waals surface area contributed by atoms with Crippen molar-refractivity contribution in [2.24, 2.45) is 10.7 Å². The minimum Gasteiger partial charge on any atom is -0.370 e. The van der Waals surface area contributed by atoms with Crippen molar-refractivity contribution in [3.8, 4) is 0 Å². The van der Waals surface area contributed by atoms with Gasteiger partial charge in [0, 0.05) is 32.0 Å². The van der Waals surface area contributed by atoms with Gasteiger partial charge in [-0.3, -0.25) is 4.99 Å². The van der Waals surface area contributed by atoms with E-state index in [0.717, 1.165) is 44.7 Å². The van der Waals surface area contributed by atoms with Gasteiger partial charge in [-0.05, 0) is 26.2 Å². The molecule has 1 rings (SSSR count). The summed E-state index contributed by atoms with van der Waals surface area (Å²) in [5.41, 5.74) is 5.74. The number of imidazole rings is 1. The molecule has 0 unspecified atom stereocenters. The fraction of sp³-hybridized carbons (Fsp3) is 0.692. The molecule has 0 bridgehead atoms. The maximum Gasteiger partial charge on any atom is 0.188 e. The lowest BCUT2D eigenvalue weighted by molar-refractivity contribution is 0.601. The number of hydrogen-bond acceptors (Lipinski definition) is 2. The largest absolute Gasteiger partial charge is 0.370 e. The lowest BCUT2D eigenvalue weighted by Crippen LogP contribution is -2.32. The quantitative estimate of drug-likeness (QED) is 0.315. The molecule has 1 aromatic rings. The summed E-state index contributed by atoms with van der Waals surface area (Å²) < 4.78 is 2.16. The fourth-order valence-electron chi connectivity index (χ4n) is 1.68. The van der Waals surface area contributed by atoms with Crippen molar-refractivity contribution in [3.63, 3.8) is 0 Å². The molecule has 1 aromatic heterocycles. The van der Waals surface area contributed by atoms with Crippen molar-refractivity contribution in [2.45, 2.75) is 46.1 Å². The first-order valence-corrected chi connectivity index (χ1v) is 6.75. The first-order chi connectivity index (χ1) is 8.74. The van der Waals surface area contributed by atoms with Gasteiger partial charge < -0.3 is 15.6 Å². The molecule has 0 aliphatic heterocycles. The summed E-state index contributed by atoms with van der Waals surface area (Å²) in [4.78, 5) is 8.49. The number of unbranched alkanes of at least 4 members (excludes halogenated alkanes) is 2. The third-order valence-corrected chi connectivity index (χ3v) is 2.85. The highest BCUT2D eigenvalue weighted by Gasteiger charge is 1.96. The van der Waals surface area contributed by atoms with Gasteiger partial charge in [0.15, 0.2) is 5.96 Å². The molecule has 110 valence electrons. The third kappa shape index (κ3) is 8.07. The molecule has 6 heteroatoms. The smallest absolute Gasteiger partial charge is 0.188 e. The molecule has 0 spiro atoms. The van der Waals surface area contributed by atoms with Gasteiger partial charge in [-0.2, -0.15) is 0 Å². The zero-order valence-corrected chi connectivity index (χ0v) is 14.3. The number of nitrogens with one attached hydrogen (secondary N) is 1. The number of nitrogens with zero attached hydrogens (tertiary/aromatic N) is 3. The summed E-state index contributed by atoms with van der Waals surface area (Å²) in [5, 5.41) is 3.11. The van der Waals surface area contributed by atoms with Crippen molar-refractivity contribution in [1.29, 1.82) is 0 Å². The number of guanidine groups is 1. The van der Waals surface area contributed by atoms with Crippen LogP contribution in [-0.2, 0) is 6.54 Å². The van der Waals surface area contributed by atoms with Crippen molar-refractivity contribution in [3.05, 3.63) is 18.2 Å². The Morgan fingerprint density at radius 3 is 2.84 bits per heavy atom. The summed E-state index contributed by atoms with van der Waals surface area (Å²) in [7, 11) is 0. The van der Waals surface area contributed by atoms with Crippen molar-refractivity contribution >= 4 is 29.9 Å². The minimum absolute atomic E-state index is 0. The van der Waals surface area contributed by atoms with Crippen LogP contribution >= 0.6 is 24.0 Å². The number of aliphatic imine (C=N–C) groups is 1. The predicted molar refractivity (Wildman–Crippen MR) is 91.0 cm³/mol. The van der Waals surface area contributed by atoms with Crippen LogP contribution in [0, 0.1) is 6.92 Å². The van der Waals surface area contributed by atoms with Crippen LogP contribution in [-0.4, -0.2) is 28.6 Å². The number of aryl methyl sites for hydroxylation is 2. The number of nitrogens with two attached hydrogens (primary N) is 1. The predicted octanol–water partition coefficient (Wildman–Crippen LogP) is 2.29. The van der Waals surface area contributed by atoms with Crippen LogP contribution in [0.15, 0.2) is 17.4 Å². The summed E-state index contributed by atoms with van der Waals surface area (Å²) in [6.07, 6.45) is 8.31. The third-order valence-electron chi connectivity index (χ3n) is 2.85. The maximum absolute atomic E-state index is 5.74. The standard InChI is InChI=1S/C13H25N5.HI/c1-3-4-7-16-13(14)17-8-5-6-10-18-11-9-15-12(18)2;/h9,11H,3-8,10H2,1-2H3,(H3,14,16,17);1H. The molecule has 0 saturated carbocycles. The van der Waals surface area contributed by atoms with E-state index in [1.165, 1.54) is 6.42 Å². The van der Waals surface area contributed by atoms with Gasteiger partial charge in [-0.1, -0.05) is 13.3 Å². The van der Waals surface area contributed by atoms with Crippen LogP contribution in [0.5, 0.6) is 0 Å². The topological polar surface area (TPSA) is 68.2 Å². The molecule has 0 aromatic carbocycles. The molecule has 3 N–H and O–H groups in total. The normalized spacial score (nSPS) is 11.2. The highest BCUT2D eigenvalue weighted by atomic mass is 127. The minimum atomic E-state index is 0. The van der Waals surface area contributed by atoms with E-state index < -0.39 is 0 Å². The second kappa shape index (κ2) is 11.1. The Bertz CT molecular complexity index is 362. The lowest BCUT2D eigenvalue weighted by Gasteiger charge is -2.05. The highest BCUT2D eigenvalue weighted by molar-refractivity contribution is 14.0. The van der Waals surface area contributed by atoms with Crippen LogP contribution in [0.1, 0.15) is 38.4 Å². The first-order valence-electron chi connectivity index (χ1n) is 6.75. The van der Waals surface area contributed by atoms with Crippen LogP contribution < -0.4 is 11.1 Å². The van der Waals surface area contributed by atoms with Crippen molar-refractivity contribution in [2.75, 3.05) is 13.1 Å². The van der Waals surface area contributed by atoms with Crippen LogP contribution in [0.2, 0.25) is 0 Å². The summed E-state index contributed by atoms with van der Waals surface area (Å²) in [5.74, 6) is 1.64. The number of aromatic nitrogens is 2. The number of hydrogen-bond donors (Lipinski definition) is 2. The Hall–Kier alpha value is -0.790. The molecule has 0 fully saturated rings. The molecule has 0 saturated heterocycles. The van der Waals surface area contributed by atoms with E-state index in [0.29, 0.717) is 5.96 Å². The average Bonchev–Trinajstić information content (AvgIpc) is 2.75. The maximum atomic E-state index is 5.74. The Morgan fingerprint density at radius 2 is 2.21 bits per heavy atom. The summed E-state index contributed by atoms with van der Waals surface area (Å²) >= 11 is 0. The molecule has 0 atom stereocenters. The van der Waals surface area contributed by atoms with E-state index >= 15 is 0 Å². The molecule has 0 aliphatic rings. The van der Waals surface area contributed by atoms with Gasteiger partial charge >= 0.3 is 0 Å². The second-order valence-electron chi connectivity index (χ2n) is 4.42. The molecular formula is C13H26IN5. The van der Waals surface area contributed by atoms with E-state index in [1.807, 2.05) is 19.3 Å². The molecule has 0 radical (unpaired) electrons. The molecule has 19 heavy (non-hydrogen) atoms. The van der Waals surface area contributed by atoms with Gasteiger partial charge in [-0.25, -0.2) is 4.98 Å². The first kappa shape index (κ1) is 18.2. The Kier molecular flexibility index (Phi) is 10.6. The Morgan fingerprint density at radius 1 is 1.42 bits per heavy atom. The fourth-order valence-corrected chi connectivity index (χ4v) is 1.68. The summed E-state index contributed by atoms with van der Waals surface area (Å²) in [6.45, 7) is 6.89. The van der Waals surface area contributed by atoms with Crippen LogP contribution in [0.4, 0.5) is 0 Å². The zero-order valence-electron chi connectivity index (χ0n) is 11.9. The van der Waals surface area contributed by atoms with E-state index in [9.17, 15) is 0 Å². The van der Waals surface area contributed by atoms with Gasteiger partial charge in [0.25, 0.3) is 0 Å². The van der Waals surface area contributed by atoms with E-state index in [2.05, 4.69) is 26.8 Å². The van der Waals surface area contributed by atoms with Crippen molar-refractivity contribution in [1.82, 2.24) is 14.9 Å². The number of rotatable bonds is 8. The van der Waals surface area contributed by atoms with Crippen LogP contribution in [0.25, 0.3) is 0 Å². The van der Waals surface area contributed by atoms with Gasteiger partial charge in [0.05, 0.1) is 0 Å². The highest BCUT2D eigenvalue weighted by Crippen LogP contribution is 1.99. The van der Waals surface area contributed by atoms with Gasteiger partial charge in [-0.15, -0.1) is 24.0 Å². The molecule has 5 nitrogen and oxygen atoms in total. The molecule has 0 aliphatic carbocycles. The SMILES string of the molecule is CCCCNC(N)=NCCCCn1ccnc1C.I. The Labute approximate surface area is 133 Å². The monoisotopic (exact) mass is 379 g/mol. The lowest BCUT2D eigenvalue weighted by atomic mass is 10.3. The van der Waals surface area contributed by atoms with E-state index in [4.69, 9.17) is 5.73 Å². The Balaban J connectivity index is 0.00000324. The average molecular weight is 379 g/mol. The van der Waals surface area contributed by atoms with Gasteiger partial charge in [0.1, 0.15) is 5.82 Å². The summed E-state index contributed by atoms with van der Waals surface area (Å²) in [6, 6.07) is 0.